The van der Waals surface area contributed by atoms with Crippen molar-refractivity contribution in [3.05, 3.63) is 40.4 Å². The van der Waals surface area contributed by atoms with Crippen molar-refractivity contribution < 1.29 is 14.3 Å². The summed E-state index contributed by atoms with van der Waals surface area (Å²) in [5.74, 6) is -1.07. The summed E-state index contributed by atoms with van der Waals surface area (Å²) >= 11 is 7.08. The number of ketones is 1. The molecule has 0 saturated heterocycles. The van der Waals surface area contributed by atoms with Crippen molar-refractivity contribution in [1.29, 1.82) is 10.5 Å². The van der Waals surface area contributed by atoms with Crippen LogP contribution in [0.15, 0.2) is 29.3 Å². The van der Waals surface area contributed by atoms with Gasteiger partial charge >= 0.3 is 5.97 Å². The minimum absolute atomic E-state index is 0.0498. The zero-order valence-corrected chi connectivity index (χ0v) is 18.2. The van der Waals surface area contributed by atoms with E-state index < -0.39 is 17.1 Å². The molecule has 30 heavy (non-hydrogen) atoms. The lowest BCUT2D eigenvalue weighted by Gasteiger charge is -2.23. The number of aromatic nitrogens is 1. The molecule has 0 saturated carbocycles. The summed E-state index contributed by atoms with van der Waals surface area (Å²) in [5, 5.41) is 20.0. The van der Waals surface area contributed by atoms with Crippen LogP contribution in [0.3, 0.4) is 0 Å². The Kier molecular flexibility index (Phi) is 7.44. The van der Waals surface area contributed by atoms with Crippen LogP contribution in [0.5, 0.6) is 0 Å². The highest BCUT2D eigenvalue weighted by Crippen LogP contribution is 2.41. The first-order valence-electron chi connectivity index (χ1n) is 8.92. The lowest BCUT2D eigenvalue weighted by molar-refractivity contribution is -0.145. The van der Waals surface area contributed by atoms with Crippen LogP contribution in [0, 0.1) is 22.7 Å². The number of benzene rings is 1. The number of nitrogen functional groups attached to an aromatic ring is 1. The van der Waals surface area contributed by atoms with E-state index in [9.17, 15) is 20.1 Å². The van der Waals surface area contributed by atoms with Gasteiger partial charge in [0.1, 0.15) is 35.0 Å². The van der Waals surface area contributed by atoms with Gasteiger partial charge in [-0.15, -0.1) is 0 Å². The number of halogens is 1. The summed E-state index contributed by atoms with van der Waals surface area (Å²) in [6.45, 7) is 5.07. The molecule has 2 rings (SSSR count). The van der Waals surface area contributed by atoms with Crippen molar-refractivity contribution in [3.63, 3.8) is 0 Å². The molecular weight excluding hydrogens is 424 g/mol. The van der Waals surface area contributed by atoms with Crippen LogP contribution >= 0.6 is 23.4 Å². The van der Waals surface area contributed by atoms with E-state index in [2.05, 4.69) is 11.1 Å². The van der Waals surface area contributed by atoms with Crippen LogP contribution in [0.25, 0.3) is 11.1 Å². The number of hydrogen-bond donors (Lipinski definition) is 1. The van der Waals surface area contributed by atoms with Crippen molar-refractivity contribution in [2.75, 3.05) is 12.3 Å². The highest BCUT2D eigenvalue weighted by atomic mass is 35.5. The van der Waals surface area contributed by atoms with Crippen molar-refractivity contribution in [2.24, 2.45) is 0 Å². The summed E-state index contributed by atoms with van der Waals surface area (Å²) in [6, 6.07) is 10.7. The lowest BCUT2D eigenvalue weighted by atomic mass is 9.97. The quantitative estimate of drug-likeness (QED) is 0.385. The van der Waals surface area contributed by atoms with Crippen LogP contribution in [0.4, 0.5) is 5.82 Å². The van der Waals surface area contributed by atoms with Gasteiger partial charge in [0.15, 0.2) is 5.78 Å². The third-order valence-electron chi connectivity index (χ3n) is 4.16. The van der Waals surface area contributed by atoms with Gasteiger partial charge in [-0.3, -0.25) is 9.59 Å². The number of esters is 1. The minimum Gasteiger partial charge on any atom is -0.466 e. The summed E-state index contributed by atoms with van der Waals surface area (Å²) in [4.78, 5) is 28.5. The molecule has 0 atom stereocenters. The van der Waals surface area contributed by atoms with Gasteiger partial charge < -0.3 is 10.5 Å². The van der Waals surface area contributed by atoms with E-state index in [-0.39, 0.29) is 34.4 Å². The fraction of sp³-hybridized carbons (Fsp3) is 0.286. The Balaban J connectivity index is 2.57. The van der Waals surface area contributed by atoms with Crippen molar-refractivity contribution >= 4 is 40.9 Å². The van der Waals surface area contributed by atoms with E-state index in [0.29, 0.717) is 16.1 Å². The number of carbonyl (C=O) groups excluding carboxylic acids is 2. The number of anilines is 1. The van der Waals surface area contributed by atoms with Gasteiger partial charge in [-0.25, -0.2) is 4.98 Å². The fourth-order valence-electron chi connectivity index (χ4n) is 2.66. The van der Waals surface area contributed by atoms with Crippen LogP contribution in [0.1, 0.15) is 38.3 Å². The maximum Gasteiger partial charge on any atom is 0.313 e. The molecule has 0 aliphatic carbocycles. The Morgan fingerprint density at radius 3 is 2.50 bits per heavy atom. The second-order valence-corrected chi connectivity index (χ2v) is 8.73. The Labute approximate surface area is 183 Å². The second kappa shape index (κ2) is 9.62. The lowest BCUT2D eigenvalue weighted by Crippen LogP contribution is -2.30. The number of hydrogen-bond acceptors (Lipinski definition) is 8. The Morgan fingerprint density at radius 1 is 1.27 bits per heavy atom. The molecule has 9 heteroatoms. The highest BCUT2D eigenvalue weighted by Gasteiger charge is 2.33. The molecule has 1 heterocycles. The number of nitrogens with zero attached hydrogens (tertiary/aromatic N) is 3. The molecule has 0 amide bonds. The smallest absolute Gasteiger partial charge is 0.313 e. The molecule has 0 spiro atoms. The predicted molar refractivity (Wildman–Crippen MR) is 115 cm³/mol. The first-order valence-corrected chi connectivity index (χ1v) is 10.1. The largest absolute Gasteiger partial charge is 0.466 e. The van der Waals surface area contributed by atoms with E-state index in [1.54, 1.807) is 45.0 Å². The van der Waals surface area contributed by atoms with Crippen molar-refractivity contribution in [3.8, 4) is 23.3 Å². The maximum absolute atomic E-state index is 12.6. The number of Topliss-reactive ketones (excluding diaryl/α,β-unsaturated/α-hetero) is 1. The second-order valence-electron chi connectivity index (χ2n) is 6.68. The average molecular weight is 443 g/mol. The molecule has 0 aliphatic rings. The standard InChI is InChI=1S/C21H19ClN4O3S/c1-4-29-17(28)9-16(27)21(2,3)30-20-15(11-24)18(14(10-23)19(25)26-20)12-6-5-7-13(22)8-12/h5-8H,4,9H2,1-3H3,(H2,25,26). The molecule has 0 bridgehead atoms. The molecule has 0 aliphatic heterocycles. The Morgan fingerprint density at radius 2 is 1.93 bits per heavy atom. The van der Waals surface area contributed by atoms with Crippen LogP contribution in [-0.2, 0) is 14.3 Å². The van der Waals surface area contributed by atoms with Gasteiger partial charge in [0.2, 0.25) is 0 Å². The van der Waals surface area contributed by atoms with Gasteiger partial charge in [-0.2, -0.15) is 10.5 Å². The normalized spacial score (nSPS) is 10.7. The van der Waals surface area contributed by atoms with E-state index in [4.69, 9.17) is 22.1 Å². The van der Waals surface area contributed by atoms with E-state index in [1.807, 2.05) is 6.07 Å². The average Bonchev–Trinajstić information content (AvgIpc) is 2.67. The minimum atomic E-state index is -1.10. The summed E-state index contributed by atoms with van der Waals surface area (Å²) < 4.78 is 3.74. The summed E-state index contributed by atoms with van der Waals surface area (Å²) in [7, 11) is 0. The van der Waals surface area contributed by atoms with Crippen LogP contribution < -0.4 is 5.73 Å². The number of nitriles is 2. The van der Waals surface area contributed by atoms with E-state index in [0.717, 1.165) is 11.8 Å². The zero-order valence-electron chi connectivity index (χ0n) is 16.7. The van der Waals surface area contributed by atoms with Crippen LogP contribution in [-0.4, -0.2) is 28.1 Å². The molecule has 0 fully saturated rings. The molecular formula is C21H19ClN4O3S. The number of ether oxygens (including phenoxy) is 1. The number of rotatable bonds is 7. The highest BCUT2D eigenvalue weighted by molar-refractivity contribution is 8.01. The summed E-state index contributed by atoms with van der Waals surface area (Å²) in [6.07, 6.45) is -0.400. The van der Waals surface area contributed by atoms with Gasteiger partial charge in [-0.1, -0.05) is 35.5 Å². The van der Waals surface area contributed by atoms with E-state index in [1.165, 1.54) is 0 Å². The van der Waals surface area contributed by atoms with Gasteiger partial charge in [0.05, 0.1) is 16.9 Å². The third kappa shape index (κ3) is 5.10. The molecule has 1 aromatic carbocycles. The molecule has 1 aromatic heterocycles. The Bertz CT molecular complexity index is 1090. The molecule has 0 unspecified atom stereocenters. The van der Waals surface area contributed by atoms with Gasteiger partial charge in [0, 0.05) is 10.6 Å². The number of nitrogens with two attached hydrogens (primary N) is 1. The predicted octanol–water partition coefficient (Wildman–Crippen LogP) is 4.12. The Hall–Kier alpha value is -3.07. The van der Waals surface area contributed by atoms with Crippen molar-refractivity contribution in [1.82, 2.24) is 4.98 Å². The monoisotopic (exact) mass is 442 g/mol. The van der Waals surface area contributed by atoms with Gasteiger partial charge in [-0.05, 0) is 38.5 Å². The summed E-state index contributed by atoms with van der Waals surface area (Å²) in [5.41, 5.74) is 6.98. The SMILES string of the molecule is CCOC(=O)CC(=O)C(C)(C)Sc1nc(N)c(C#N)c(-c2cccc(Cl)c2)c1C#N. The first kappa shape index (κ1) is 23.2. The fourth-order valence-corrected chi connectivity index (χ4v) is 3.91. The molecule has 2 N–H and O–H groups in total. The number of pyridine rings is 1. The maximum atomic E-state index is 12.6. The third-order valence-corrected chi connectivity index (χ3v) is 5.62. The zero-order chi connectivity index (χ0) is 22.5. The number of thioether (sulfide) groups is 1. The van der Waals surface area contributed by atoms with Crippen molar-refractivity contribution in [2.45, 2.75) is 37.0 Å². The van der Waals surface area contributed by atoms with Crippen LogP contribution in [0.2, 0.25) is 5.02 Å². The molecule has 0 radical (unpaired) electrons. The molecule has 7 nitrogen and oxygen atoms in total. The van der Waals surface area contributed by atoms with E-state index >= 15 is 0 Å². The first-order chi connectivity index (χ1) is 14.1. The topological polar surface area (TPSA) is 130 Å². The number of carbonyl (C=O) groups is 2. The molecule has 2 aromatic rings. The molecule has 154 valence electrons. The van der Waals surface area contributed by atoms with Gasteiger partial charge in [0.25, 0.3) is 0 Å².